The van der Waals surface area contributed by atoms with Crippen LogP contribution in [0.15, 0.2) is 42.5 Å². The third-order valence-corrected chi connectivity index (χ3v) is 3.48. The van der Waals surface area contributed by atoms with E-state index in [2.05, 4.69) is 10.6 Å². The van der Waals surface area contributed by atoms with Crippen LogP contribution in [0.25, 0.3) is 0 Å². The fourth-order valence-electron chi connectivity index (χ4n) is 1.81. The van der Waals surface area contributed by atoms with Gasteiger partial charge in [-0.15, -0.1) is 0 Å². The smallest absolute Gasteiger partial charge is 0.243 e. The van der Waals surface area contributed by atoms with E-state index in [1.807, 2.05) is 0 Å². The highest BCUT2D eigenvalue weighted by Gasteiger charge is 2.09. The Hall–Kier alpha value is -2.11. The normalized spacial score (nSPS) is 10.2. The van der Waals surface area contributed by atoms with Crippen LogP contribution in [0.1, 0.15) is 5.56 Å². The number of hydrogen-bond acceptors (Lipinski definition) is 2. The van der Waals surface area contributed by atoms with Gasteiger partial charge in [0.2, 0.25) is 11.8 Å². The van der Waals surface area contributed by atoms with E-state index in [-0.39, 0.29) is 24.7 Å². The van der Waals surface area contributed by atoms with Gasteiger partial charge >= 0.3 is 0 Å². The van der Waals surface area contributed by atoms with Gasteiger partial charge in [0, 0.05) is 5.02 Å². The lowest BCUT2D eigenvalue weighted by Gasteiger charge is -2.08. The first-order valence-corrected chi connectivity index (χ1v) is 7.45. The van der Waals surface area contributed by atoms with Crippen LogP contribution in [0, 0.1) is 5.82 Å². The minimum atomic E-state index is -0.415. The molecular weight excluding hydrogens is 342 g/mol. The summed E-state index contributed by atoms with van der Waals surface area (Å²) < 4.78 is 12.8. The molecule has 0 spiro atoms. The van der Waals surface area contributed by atoms with Crippen molar-refractivity contribution in [2.24, 2.45) is 0 Å². The zero-order valence-corrected chi connectivity index (χ0v) is 13.4. The molecule has 2 N–H and O–H groups in total. The van der Waals surface area contributed by atoms with Crippen molar-refractivity contribution >= 4 is 40.7 Å². The lowest BCUT2D eigenvalue weighted by Crippen LogP contribution is -2.33. The molecule has 23 heavy (non-hydrogen) atoms. The van der Waals surface area contributed by atoms with Crippen LogP contribution in [0.4, 0.5) is 10.1 Å². The number of carbonyl (C=O) groups excluding carboxylic acids is 2. The molecule has 0 radical (unpaired) electrons. The monoisotopic (exact) mass is 354 g/mol. The molecule has 120 valence electrons. The molecule has 2 aromatic carbocycles. The molecule has 2 aromatic rings. The molecule has 0 bridgehead atoms. The zero-order chi connectivity index (χ0) is 16.8. The number of hydrogen-bond donors (Lipinski definition) is 2. The fourth-order valence-corrected chi connectivity index (χ4v) is 2.27. The van der Waals surface area contributed by atoms with Gasteiger partial charge in [-0.2, -0.15) is 0 Å². The van der Waals surface area contributed by atoms with Crippen LogP contribution >= 0.6 is 23.2 Å². The zero-order valence-electron chi connectivity index (χ0n) is 11.9. The number of anilines is 1. The number of halogens is 3. The van der Waals surface area contributed by atoms with Gasteiger partial charge in [-0.1, -0.05) is 35.3 Å². The molecule has 0 atom stereocenters. The molecular formula is C16H13Cl2FN2O2. The molecule has 2 rings (SSSR count). The summed E-state index contributed by atoms with van der Waals surface area (Å²) >= 11 is 11.7. The quantitative estimate of drug-likeness (QED) is 0.863. The van der Waals surface area contributed by atoms with E-state index >= 15 is 0 Å². The second-order valence-corrected chi connectivity index (χ2v) is 5.60. The highest BCUT2D eigenvalue weighted by atomic mass is 35.5. The molecule has 0 aromatic heterocycles. The van der Waals surface area contributed by atoms with Crippen LogP contribution in [0.2, 0.25) is 10.0 Å². The minimum absolute atomic E-state index is 0.0647. The van der Waals surface area contributed by atoms with Crippen molar-refractivity contribution in [3.05, 3.63) is 63.9 Å². The number of carbonyl (C=O) groups is 2. The van der Waals surface area contributed by atoms with Crippen molar-refractivity contribution in [1.29, 1.82) is 0 Å². The van der Waals surface area contributed by atoms with Gasteiger partial charge in [0.1, 0.15) is 5.82 Å². The molecule has 0 saturated carbocycles. The Kier molecular flexibility index (Phi) is 5.96. The number of nitrogens with one attached hydrogen (secondary N) is 2. The van der Waals surface area contributed by atoms with Crippen molar-refractivity contribution in [1.82, 2.24) is 5.32 Å². The van der Waals surface area contributed by atoms with Crippen LogP contribution < -0.4 is 10.6 Å². The molecule has 7 heteroatoms. The first kappa shape index (κ1) is 17.2. The number of amides is 2. The highest BCUT2D eigenvalue weighted by Crippen LogP contribution is 2.25. The summed E-state index contributed by atoms with van der Waals surface area (Å²) in [5.74, 6) is -1.12. The summed E-state index contributed by atoms with van der Waals surface area (Å²) in [6.45, 7) is -0.195. The van der Waals surface area contributed by atoms with Crippen LogP contribution in [-0.2, 0) is 16.0 Å². The van der Waals surface area contributed by atoms with E-state index in [1.54, 1.807) is 12.1 Å². The van der Waals surface area contributed by atoms with Crippen molar-refractivity contribution in [2.75, 3.05) is 11.9 Å². The van der Waals surface area contributed by atoms with Crippen molar-refractivity contribution < 1.29 is 14.0 Å². The predicted molar refractivity (Wildman–Crippen MR) is 88.2 cm³/mol. The Labute approximate surface area is 142 Å². The maximum Gasteiger partial charge on any atom is 0.243 e. The van der Waals surface area contributed by atoms with Crippen molar-refractivity contribution in [3.63, 3.8) is 0 Å². The standard InChI is InChI=1S/C16H13Cl2FN2O2/c17-11-3-6-14(13(18)8-11)21-16(23)9-20-15(22)7-10-1-4-12(19)5-2-10/h1-6,8H,7,9H2,(H,20,22)(H,21,23). The van der Waals surface area contributed by atoms with Gasteiger partial charge < -0.3 is 10.6 Å². The van der Waals surface area contributed by atoms with E-state index in [9.17, 15) is 14.0 Å². The van der Waals surface area contributed by atoms with E-state index in [0.717, 1.165) is 0 Å². The molecule has 0 aliphatic carbocycles. The molecule has 0 heterocycles. The molecule has 0 unspecified atom stereocenters. The van der Waals surface area contributed by atoms with E-state index in [1.165, 1.54) is 30.3 Å². The first-order valence-electron chi connectivity index (χ1n) is 6.70. The van der Waals surface area contributed by atoms with Gasteiger partial charge in [-0.3, -0.25) is 9.59 Å². The van der Waals surface area contributed by atoms with E-state index < -0.39 is 5.91 Å². The Morgan fingerprint density at radius 1 is 1.00 bits per heavy atom. The summed E-state index contributed by atoms with van der Waals surface area (Å²) in [7, 11) is 0. The second kappa shape index (κ2) is 7.94. The van der Waals surface area contributed by atoms with Crippen LogP contribution in [0.3, 0.4) is 0 Å². The summed E-state index contributed by atoms with van der Waals surface area (Å²) in [5.41, 5.74) is 1.07. The highest BCUT2D eigenvalue weighted by molar-refractivity contribution is 6.36. The first-order chi connectivity index (χ1) is 10.9. The van der Waals surface area contributed by atoms with Crippen LogP contribution in [-0.4, -0.2) is 18.4 Å². The summed E-state index contributed by atoms with van der Waals surface area (Å²) in [4.78, 5) is 23.5. The largest absolute Gasteiger partial charge is 0.347 e. The maximum absolute atomic E-state index is 12.8. The molecule has 0 saturated heterocycles. The molecule has 0 aliphatic heterocycles. The third-order valence-electron chi connectivity index (χ3n) is 2.93. The second-order valence-electron chi connectivity index (χ2n) is 4.75. The SMILES string of the molecule is O=C(Cc1ccc(F)cc1)NCC(=O)Nc1ccc(Cl)cc1Cl. The lowest BCUT2D eigenvalue weighted by atomic mass is 10.1. The molecule has 2 amide bonds. The Morgan fingerprint density at radius 3 is 2.35 bits per heavy atom. The number of benzene rings is 2. The Balaban J connectivity index is 1.81. The van der Waals surface area contributed by atoms with E-state index in [0.29, 0.717) is 21.3 Å². The van der Waals surface area contributed by atoms with Gasteiger partial charge in [0.05, 0.1) is 23.7 Å². The maximum atomic E-state index is 12.8. The average molecular weight is 355 g/mol. The van der Waals surface area contributed by atoms with E-state index in [4.69, 9.17) is 23.2 Å². The minimum Gasteiger partial charge on any atom is -0.347 e. The van der Waals surface area contributed by atoms with Crippen molar-refractivity contribution in [2.45, 2.75) is 6.42 Å². The number of rotatable bonds is 5. The summed E-state index contributed by atoms with van der Waals surface area (Å²) in [5, 5.41) is 5.82. The lowest BCUT2D eigenvalue weighted by molar-refractivity contribution is -0.123. The molecule has 4 nitrogen and oxygen atoms in total. The van der Waals surface area contributed by atoms with Gasteiger partial charge in [0.25, 0.3) is 0 Å². The topological polar surface area (TPSA) is 58.2 Å². The van der Waals surface area contributed by atoms with Gasteiger partial charge in [0.15, 0.2) is 0 Å². The van der Waals surface area contributed by atoms with Crippen LogP contribution in [0.5, 0.6) is 0 Å². The third kappa shape index (κ3) is 5.54. The van der Waals surface area contributed by atoms with Gasteiger partial charge in [-0.25, -0.2) is 4.39 Å². The Morgan fingerprint density at radius 2 is 1.70 bits per heavy atom. The van der Waals surface area contributed by atoms with Gasteiger partial charge in [-0.05, 0) is 35.9 Å². The molecule has 0 fully saturated rings. The average Bonchev–Trinajstić information content (AvgIpc) is 2.50. The summed E-state index contributed by atoms with van der Waals surface area (Å²) in [6.07, 6.45) is 0.0647. The predicted octanol–water partition coefficient (Wildman–Crippen LogP) is 3.43. The summed E-state index contributed by atoms with van der Waals surface area (Å²) in [6, 6.07) is 10.3. The molecule has 0 aliphatic rings. The fraction of sp³-hybridized carbons (Fsp3) is 0.125. The Bertz CT molecular complexity index is 721. The van der Waals surface area contributed by atoms with Crippen molar-refractivity contribution in [3.8, 4) is 0 Å².